The fraction of sp³-hybridized carbons (Fsp3) is 0. The van der Waals surface area contributed by atoms with E-state index < -0.39 is 12.0 Å². The van der Waals surface area contributed by atoms with Crippen LogP contribution in [0.25, 0.3) is 0 Å². The van der Waals surface area contributed by atoms with Gasteiger partial charge in [-0.05, 0) is 0 Å². The quantitative estimate of drug-likeness (QED) is 0.569. The van der Waals surface area contributed by atoms with Gasteiger partial charge in [-0.1, -0.05) is 0 Å². The van der Waals surface area contributed by atoms with Gasteiger partial charge >= 0.3 is 71.1 Å². The van der Waals surface area contributed by atoms with Crippen molar-refractivity contribution in [2.24, 2.45) is 4.03 Å². The summed E-state index contributed by atoms with van der Waals surface area (Å²) in [4.78, 5) is 15.1. The van der Waals surface area contributed by atoms with Gasteiger partial charge in [0.25, 0.3) is 0 Å². The van der Waals surface area contributed by atoms with E-state index in [2.05, 4.69) is 0 Å². The molecule has 0 bridgehead atoms. The van der Waals surface area contributed by atoms with Crippen LogP contribution in [0.1, 0.15) is 0 Å². The normalized spacial score (nSPS) is 13.8. The average Bonchev–Trinajstić information content (AvgIpc) is 2.26. The van der Waals surface area contributed by atoms with E-state index in [9.17, 15) is 4.91 Å². The van der Waals surface area contributed by atoms with Gasteiger partial charge in [-0.2, -0.15) is 0 Å². The molecule has 0 N–H and O–H groups in total. The van der Waals surface area contributed by atoms with Gasteiger partial charge in [0.15, 0.2) is 0 Å². The Kier molecular flexibility index (Phi) is 1.69. The van der Waals surface area contributed by atoms with Gasteiger partial charge in [0.05, 0.1) is 0 Å². The first kappa shape index (κ1) is 10.6. The first-order chi connectivity index (χ1) is 5.97. The zero-order chi connectivity index (χ0) is 10.7. The van der Waals surface area contributed by atoms with Gasteiger partial charge in [0.1, 0.15) is 0 Å². The molecule has 0 aliphatic rings. The zero-order valence-electron chi connectivity index (χ0n) is 6.04. The van der Waals surface area contributed by atoms with Crippen molar-refractivity contribution >= 4 is 0 Å². The van der Waals surface area contributed by atoms with Crippen molar-refractivity contribution in [1.82, 2.24) is 0 Å². The molecule has 61 valence electrons. The van der Waals surface area contributed by atoms with E-state index in [0.717, 1.165) is 23.9 Å². The van der Waals surface area contributed by atoms with E-state index in [1.165, 1.54) is 0 Å². The van der Waals surface area contributed by atoms with E-state index in [1.54, 1.807) is 0 Å². The van der Waals surface area contributed by atoms with Crippen molar-refractivity contribution < 1.29 is 12.0 Å². The van der Waals surface area contributed by atoms with Crippen LogP contribution in [0.4, 0.5) is 0 Å². The second kappa shape index (κ2) is 2.07. The second-order valence-electron chi connectivity index (χ2n) is 2.20. The van der Waals surface area contributed by atoms with E-state index >= 15 is 0 Å². The standard InChI is InChI=1S/5CN.NO.V/c6*1-2;/q;;;;;-1;+1. The Morgan fingerprint density at radius 1 is 0.769 bits per heavy atom. The molecule has 0 saturated carbocycles. The van der Waals surface area contributed by atoms with Crippen LogP contribution in [-0.2, 0) is 12.0 Å². The monoisotopic (exact) mass is 211 g/mol. The van der Waals surface area contributed by atoms with E-state index in [1.807, 2.05) is 4.03 Å². The molecule has 0 aromatic heterocycles. The molecule has 0 spiro atoms. The molecular weight excluding hydrogens is 211 g/mol. The molecule has 0 amide bonds. The molecule has 0 aromatic carbocycles. The average molecular weight is 211 g/mol. The van der Waals surface area contributed by atoms with Crippen molar-refractivity contribution in [2.75, 3.05) is 0 Å². The van der Waals surface area contributed by atoms with Gasteiger partial charge in [0.2, 0.25) is 0 Å². The third kappa shape index (κ3) is 0.735. The van der Waals surface area contributed by atoms with Gasteiger partial charge < -0.3 is 0 Å². The number of nitroso groups, excluding NO2 is 1. The molecule has 0 heterocycles. The molecule has 0 aliphatic carbocycles. The summed E-state index contributed by atoms with van der Waals surface area (Å²) in [7, 11) is 0. The molecule has 0 fully saturated rings. The molecule has 0 atom stereocenters. The number of nitrogens with zero attached hydrogens (tertiary/aromatic N) is 6. The molecule has 0 aromatic rings. The first-order valence-corrected chi connectivity index (χ1v) is 6.74. The third-order valence-electron chi connectivity index (χ3n) is 1.43. The zero-order valence-corrected chi connectivity index (χ0v) is 7.44. The van der Waals surface area contributed by atoms with E-state index in [4.69, 9.17) is 26.3 Å². The summed E-state index contributed by atoms with van der Waals surface area (Å²) in [6.45, 7) is 0. The minimum atomic E-state index is -6.80. The Balaban J connectivity index is 6.85. The Labute approximate surface area is 71.6 Å². The molecule has 8 heteroatoms. The number of hydrogen-bond donors (Lipinski definition) is 0. The summed E-state index contributed by atoms with van der Waals surface area (Å²) in [5, 5.41) is 42.6. The van der Waals surface area contributed by atoms with Crippen LogP contribution >= 0.6 is 0 Å². The van der Waals surface area contributed by atoms with Gasteiger partial charge in [0, 0.05) is 0 Å². The maximum atomic E-state index is 10.3. The Morgan fingerprint density at radius 2 is 1.00 bits per heavy atom. The second-order valence-corrected chi connectivity index (χ2v) is 9.07. The van der Waals surface area contributed by atoms with Crippen LogP contribution < -0.4 is 0 Å². The van der Waals surface area contributed by atoms with Gasteiger partial charge in [-0.3, -0.25) is 0 Å². The number of hydrogen-bond acceptors (Lipinski definition) is 7. The van der Waals surface area contributed by atoms with Crippen molar-refractivity contribution in [3.63, 3.8) is 0 Å². The minimum absolute atomic E-state index is 0.944. The van der Waals surface area contributed by atoms with E-state index in [0.29, 0.717) is 0 Å². The topological polar surface area (TPSA) is 148 Å². The Bertz CT molecular complexity index is 393. The van der Waals surface area contributed by atoms with Gasteiger partial charge in [-0.25, -0.2) is 0 Å². The molecular formula is C5N6OV. The van der Waals surface area contributed by atoms with Crippen LogP contribution in [-0.4, -0.2) is 0 Å². The predicted octanol–water partition coefficient (Wildman–Crippen LogP) is 0.298. The summed E-state index contributed by atoms with van der Waals surface area (Å²) in [5.74, 6) is 0. The van der Waals surface area contributed by atoms with Crippen LogP contribution in [0, 0.1) is 55.1 Å². The molecule has 7 nitrogen and oxygen atoms in total. The summed E-state index contributed by atoms with van der Waals surface area (Å²) in [6.07, 6.45) is 0. The van der Waals surface area contributed by atoms with Crippen molar-refractivity contribution in [1.29, 1.82) is 26.3 Å². The summed E-state index contributed by atoms with van der Waals surface area (Å²) in [6, 6.07) is 0. The maximum absolute atomic E-state index is 10.3. The fourth-order valence-corrected chi connectivity index (χ4v) is 1.30. The Morgan fingerprint density at radius 3 is 1.00 bits per heavy atom. The van der Waals surface area contributed by atoms with Crippen molar-refractivity contribution in [3.8, 4) is 23.9 Å². The molecule has 0 unspecified atom stereocenters. The molecule has 13 heavy (non-hydrogen) atoms. The van der Waals surface area contributed by atoms with E-state index in [-0.39, 0.29) is 0 Å². The van der Waals surface area contributed by atoms with Crippen molar-refractivity contribution in [2.45, 2.75) is 0 Å². The molecule has 0 rings (SSSR count). The van der Waals surface area contributed by atoms with Crippen LogP contribution in [0.3, 0.4) is 0 Å². The van der Waals surface area contributed by atoms with Crippen molar-refractivity contribution in [3.05, 3.63) is 4.91 Å². The van der Waals surface area contributed by atoms with Gasteiger partial charge in [-0.15, -0.1) is 0 Å². The molecule has 0 aliphatic heterocycles. The van der Waals surface area contributed by atoms with Crippen LogP contribution in [0.5, 0.6) is 0 Å². The summed E-state index contributed by atoms with van der Waals surface area (Å²) >= 11 is -6.80. The predicted molar refractivity (Wildman–Crippen MR) is 33.9 cm³/mol. The third-order valence-corrected chi connectivity index (χ3v) is 5.89. The SMILES string of the molecule is N#[C][V]([C]#N)([C]#N)([C]#N)([C]#N)[N]=O. The summed E-state index contributed by atoms with van der Waals surface area (Å²) in [5.41, 5.74) is 0. The molecule has 0 saturated heterocycles. The fourth-order valence-electron chi connectivity index (χ4n) is 0.315. The van der Waals surface area contributed by atoms with Crippen LogP contribution in [0.15, 0.2) is 4.03 Å². The Hall–Kier alpha value is -2.37. The number of rotatable bonds is 1. The summed E-state index contributed by atoms with van der Waals surface area (Å²) < 4.78 is 2.00. The first-order valence-electron chi connectivity index (χ1n) is 2.62. The van der Waals surface area contributed by atoms with Crippen LogP contribution in [0.2, 0.25) is 0 Å². The molecule has 0 radical (unpaired) electrons. The number of nitriles is 5.